The standard InChI is InChI=1S/C16H19NO4/c1-11-8-9-15(18)17(11)21-16(19)20-10-14-12-6-4-2-3-5-7-13(12)14/h12-14H,1,4-10H2/t12-,13+,14?. The fraction of sp³-hybridized carbons (Fsp3) is 0.625. The molecule has 3 atom stereocenters. The van der Waals surface area contributed by atoms with Gasteiger partial charge in [-0.1, -0.05) is 6.58 Å². The van der Waals surface area contributed by atoms with Crippen molar-refractivity contribution in [1.29, 1.82) is 0 Å². The van der Waals surface area contributed by atoms with Crippen molar-refractivity contribution in [3.05, 3.63) is 12.3 Å². The third kappa shape index (κ3) is 3.05. The summed E-state index contributed by atoms with van der Waals surface area (Å²) in [4.78, 5) is 28.0. The van der Waals surface area contributed by atoms with Gasteiger partial charge in [-0.15, -0.1) is 16.9 Å². The molecule has 3 rings (SSSR count). The predicted molar refractivity (Wildman–Crippen MR) is 74.4 cm³/mol. The van der Waals surface area contributed by atoms with E-state index in [1.54, 1.807) is 0 Å². The normalized spacial score (nSPS) is 30.7. The number of nitrogens with zero attached hydrogens (tertiary/aromatic N) is 1. The summed E-state index contributed by atoms with van der Waals surface area (Å²) in [6, 6.07) is 0. The quantitative estimate of drug-likeness (QED) is 0.592. The Balaban J connectivity index is 1.43. The van der Waals surface area contributed by atoms with Crippen LogP contribution in [-0.4, -0.2) is 23.7 Å². The molecule has 112 valence electrons. The number of amides is 1. The zero-order valence-corrected chi connectivity index (χ0v) is 12.0. The lowest BCUT2D eigenvalue weighted by molar-refractivity contribution is -0.158. The molecular weight excluding hydrogens is 270 g/mol. The molecule has 2 fully saturated rings. The molecule has 1 heterocycles. The van der Waals surface area contributed by atoms with E-state index in [0.717, 1.165) is 30.7 Å². The van der Waals surface area contributed by atoms with Crippen molar-refractivity contribution in [3.8, 4) is 11.8 Å². The largest absolute Gasteiger partial charge is 0.533 e. The lowest BCUT2D eigenvalue weighted by Gasteiger charge is -2.15. The van der Waals surface area contributed by atoms with Gasteiger partial charge in [0.1, 0.15) is 0 Å². The third-order valence-corrected chi connectivity index (χ3v) is 4.54. The average Bonchev–Trinajstić information content (AvgIpc) is 2.98. The summed E-state index contributed by atoms with van der Waals surface area (Å²) in [6.45, 7) is 4.05. The summed E-state index contributed by atoms with van der Waals surface area (Å²) in [5.74, 6) is 7.71. The van der Waals surface area contributed by atoms with E-state index in [4.69, 9.17) is 9.57 Å². The van der Waals surface area contributed by atoms with Crippen LogP contribution in [0.4, 0.5) is 4.79 Å². The van der Waals surface area contributed by atoms with Crippen LogP contribution in [0.2, 0.25) is 0 Å². The van der Waals surface area contributed by atoms with Gasteiger partial charge in [0.15, 0.2) is 0 Å². The lowest BCUT2D eigenvalue weighted by atomic mass is 10.1. The second kappa shape index (κ2) is 5.80. The van der Waals surface area contributed by atoms with Crippen molar-refractivity contribution < 1.29 is 19.2 Å². The van der Waals surface area contributed by atoms with E-state index >= 15 is 0 Å². The minimum absolute atomic E-state index is 0.248. The van der Waals surface area contributed by atoms with Crippen molar-refractivity contribution >= 4 is 12.1 Å². The molecule has 0 aromatic heterocycles. The van der Waals surface area contributed by atoms with E-state index in [1.165, 1.54) is 0 Å². The smallest absolute Gasteiger partial charge is 0.432 e. The Morgan fingerprint density at radius 2 is 1.90 bits per heavy atom. The Morgan fingerprint density at radius 3 is 2.48 bits per heavy atom. The van der Waals surface area contributed by atoms with Crippen LogP contribution >= 0.6 is 0 Å². The molecule has 0 radical (unpaired) electrons. The molecule has 5 heteroatoms. The van der Waals surface area contributed by atoms with Gasteiger partial charge in [0.2, 0.25) is 0 Å². The Morgan fingerprint density at radius 1 is 1.24 bits per heavy atom. The first kappa shape index (κ1) is 14.0. The molecule has 1 unspecified atom stereocenters. The number of allylic oxidation sites excluding steroid dienone is 1. The van der Waals surface area contributed by atoms with E-state index in [2.05, 4.69) is 18.4 Å². The second-order valence-electron chi connectivity index (χ2n) is 5.83. The van der Waals surface area contributed by atoms with E-state index in [9.17, 15) is 9.59 Å². The molecule has 21 heavy (non-hydrogen) atoms. The highest BCUT2D eigenvalue weighted by Crippen LogP contribution is 2.52. The molecule has 1 saturated heterocycles. The lowest BCUT2D eigenvalue weighted by Crippen LogP contribution is -2.27. The van der Waals surface area contributed by atoms with Gasteiger partial charge in [0.25, 0.3) is 5.91 Å². The number of hydroxylamine groups is 2. The number of carbonyl (C=O) groups excluding carboxylic acids is 2. The monoisotopic (exact) mass is 289 g/mol. The Hall–Kier alpha value is -1.96. The summed E-state index contributed by atoms with van der Waals surface area (Å²) >= 11 is 0. The highest BCUT2D eigenvalue weighted by atomic mass is 16.8. The van der Waals surface area contributed by atoms with Gasteiger partial charge < -0.3 is 4.74 Å². The molecule has 0 aromatic carbocycles. The maximum absolute atomic E-state index is 11.7. The van der Waals surface area contributed by atoms with Crippen LogP contribution in [0.25, 0.3) is 0 Å². The average molecular weight is 289 g/mol. The van der Waals surface area contributed by atoms with Gasteiger partial charge in [0.05, 0.1) is 12.3 Å². The number of hydrogen-bond donors (Lipinski definition) is 0. The van der Waals surface area contributed by atoms with E-state index in [1.807, 2.05) is 0 Å². The fourth-order valence-corrected chi connectivity index (χ4v) is 3.29. The van der Waals surface area contributed by atoms with Gasteiger partial charge in [-0.2, -0.15) is 0 Å². The number of hydrogen-bond acceptors (Lipinski definition) is 4. The van der Waals surface area contributed by atoms with E-state index in [-0.39, 0.29) is 5.91 Å². The molecule has 1 amide bonds. The SMILES string of the molecule is C=C1CCC(=O)N1OC(=O)OCC1[C@H]2CCC#CCC[C@@H]12. The van der Waals surface area contributed by atoms with Gasteiger partial charge >= 0.3 is 6.16 Å². The third-order valence-electron chi connectivity index (χ3n) is 4.54. The fourth-order valence-electron chi connectivity index (χ4n) is 3.29. The molecule has 1 aliphatic heterocycles. The molecule has 0 aromatic rings. The molecule has 5 nitrogen and oxygen atoms in total. The van der Waals surface area contributed by atoms with Crippen LogP contribution in [-0.2, 0) is 14.4 Å². The van der Waals surface area contributed by atoms with Crippen LogP contribution in [0.15, 0.2) is 12.3 Å². The minimum atomic E-state index is -0.818. The van der Waals surface area contributed by atoms with Crippen molar-refractivity contribution in [2.45, 2.75) is 38.5 Å². The van der Waals surface area contributed by atoms with Crippen LogP contribution < -0.4 is 0 Å². The summed E-state index contributed by atoms with van der Waals surface area (Å²) in [5.41, 5.74) is 0.502. The molecule has 0 bridgehead atoms. The van der Waals surface area contributed by atoms with Crippen molar-refractivity contribution in [3.63, 3.8) is 0 Å². The zero-order chi connectivity index (χ0) is 14.8. The molecule has 1 saturated carbocycles. The molecular formula is C16H19NO4. The second-order valence-corrected chi connectivity index (χ2v) is 5.83. The van der Waals surface area contributed by atoms with Crippen molar-refractivity contribution in [1.82, 2.24) is 5.06 Å². The first-order chi connectivity index (χ1) is 10.2. The van der Waals surface area contributed by atoms with Gasteiger partial charge in [-0.05, 0) is 37.0 Å². The van der Waals surface area contributed by atoms with Crippen LogP contribution in [0.3, 0.4) is 0 Å². The van der Waals surface area contributed by atoms with Gasteiger partial charge in [0, 0.05) is 19.3 Å². The van der Waals surface area contributed by atoms with Gasteiger partial charge in [-0.25, -0.2) is 4.79 Å². The first-order valence-corrected chi connectivity index (χ1v) is 7.48. The topological polar surface area (TPSA) is 55.8 Å². The maximum atomic E-state index is 11.7. The minimum Gasteiger partial charge on any atom is -0.432 e. The zero-order valence-electron chi connectivity index (χ0n) is 12.0. The highest BCUT2D eigenvalue weighted by molar-refractivity contribution is 5.81. The molecule has 3 aliphatic rings. The van der Waals surface area contributed by atoms with Gasteiger partial charge in [-0.3, -0.25) is 9.63 Å². The van der Waals surface area contributed by atoms with E-state index in [0.29, 0.717) is 42.9 Å². The maximum Gasteiger partial charge on any atom is 0.533 e. The molecule has 0 spiro atoms. The Kier molecular flexibility index (Phi) is 3.87. The summed E-state index contributed by atoms with van der Waals surface area (Å²) < 4.78 is 5.16. The highest BCUT2D eigenvalue weighted by Gasteiger charge is 2.49. The predicted octanol–water partition coefficient (Wildman–Crippen LogP) is 2.63. The number of carbonyl (C=O) groups is 2. The van der Waals surface area contributed by atoms with Crippen LogP contribution in [0.1, 0.15) is 38.5 Å². The molecule has 2 aliphatic carbocycles. The number of ether oxygens (including phenoxy) is 1. The Labute approximate surface area is 124 Å². The first-order valence-electron chi connectivity index (χ1n) is 7.48. The van der Waals surface area contributed by atoms with Crippen LogP contribution in [0, 0.1) is 29.6 Å². The Bertz CT molecular complexity index is 496. The summed E-state index contributed by atoms with van der Waals surface area (Å²) in [7, 11) is 0. The van der Waals surface area contributed by atoms with Crippen molar-refractivity contribution in [2.24, 2.45) is 17.8 Å². The summed E-state index contributed by atoms with van der Waals surface area (Å²) in [5, 5.41) is 0.951. The van der Waals surface area contributed by atoms with E-state index < -0.39 is 6.16 Å². The number of fused-ring (bicyclic) bond motifs is 1. The number of rotatable bonds is 3. The summed E-state index contributed by atoms with van der Waals surface area (Å²) in [6.07, 6.45) is 4.08. The molecule has 0 N–H and O–H groups in total. The van der Waals surface area contributed by atoms with Crippen molar-refractivity contribution in [2.75, 3.05) is 6.61 Å². The van der Waals surface area contributed by atoms with Crippen LogP contribution in [0.5, 0.6) is 0 Å².